The number of nitrogens with zero attached hydrogens (tertiary/aromatic N) is 2. The lowest BCUT2D eigenvalue weighted by Gasteiger charge is -2.28. The zero-order chi connectivity index (χ0) is 10.8. The van der Waals surface area contributed by atoms with E-state index < -0.39 is 12.2 Å². The summed E-state index contributed by atoms with van der Waals surface area (Å²) in [6, 6.07) is 9.06. The van der Waals surface area contributed by atoms with Crippen molar-refractivity contribution in [1.82, 2.24) is 10.4 Å². The first-order chi connectivity index (χ1) is 7.20. The molecule has 0 spiro atoms. The van der Waals surface area contributed by atoms with Crippen LogP contribution in [0.15, 0.2) is 35.4 Å². The van der Waals surface area contributed by atoms with Crippen LogP contribution < -0.4 is 17.0 Å². The molecular weight excluding hydrogens is 194 g/mol. The Balaban J connectivity index is 2.35. The van der Waals surface area contributed by atoms with Gasteiger partial charge in [0.2, 0.25) is 0 Å². The summed E-state index contributed by atoms with van der Waals surface area (Å²) in [5.74, 6) is 5.07. The van der Waals surface area contributed by atoms with Gasteiger partial charge in [0.15, 0.2) is 12.0 Å². The van der Waals surface area contributed by atoms with Gasteiger partial charge in [-0.1, -0.05) is 30.3 Å². The SMILES string of the molecule is NC1NN=C(c2ccccc2)C(=O)N1N. The van der Waals surface area contributed by atoms with Crippen LogP contribution in [0.2, 0.25) is 0 Å². The Morgan fingerprint density at radius 3 is 2.67 bits per heavy atom. The smallest absolute Gasteiger partial charge is 0.291 e. The zero-order valence-corrected chi connectivity index (χ0v) is 7.92. The number of carbonyl (C=O) groups excluding carboxylic acids is 1. The second kappa shape index (κ2) is 3.68. The molecule has 6 heteroatoms. The van der Waals surface area contributed by atoms with Gasteiger partial charge in [0.05, 0.1) is 0 Å². The minimum Gasteiger partial charge on any atom is -0.292 e. The van der Waals surface area contributed by atoms with Crippen molar-refractivity contribution >= 4 is 11.6 Å². The van der Waals surface area contributed by atoms with Gasteiger partial charge in [0.1, 0.15) is 0 Å². The summed E-state index contributed by atoms with van der Waals surface area (Å²) in [7, 11) is 0. The highest BCUT2D eigenvalue weighted by atomic mass is 16.2. The Labute approximate surface area is 86.5 Å². The van der Waals surface area contributed by atoms with Crippen LogP contribution in [0.5, 0.6) is 0 Å². The van der Waals surface area contributed by atoms with Crippen molar-refractivity contribution in [2.75, 3.05) is 0 Å². The molecule has 0 bridgehead atoms. The van der Waals surface area contributed by atoms with Crippen molar-refractivity contribution in [1.29, 1.82) is 0 Å². The monoisotopic (exact) mass is 205 g/mol. The zero-order valence-electron chi connectivity index (χ0n) is 7.92. The second-order valence-electron chi connectivity index (χ2n) is 3.11. The summed E-state index contributed by atoms with van der Waals surface area (Å²) < 4.78 is 0. The highest BCUT2D eigenvalue weighted by Gasteiger charge is 2.27. The van der Waals surface area contributed by atoms with Gasteiger partial charge in [-0.15, -0.1) is 0 Å². The fourth-order valence-electron chi connectivity index (χ4n) is 1.27. The number of hydrogen-bond acceptors (Lipinski definition) is 5. The summed E-state index contributed by atoms with van der Waals surface area (Å²) in [4.78, 5) is 11.7. The van der Waals surface area contributed by atoms with E-state index in [0.717, 1.165) is 5.01 Å². The van der Waals surface area contributed by atoms with E-state index in [1.807, 2.05) is 18.2 Å². The van der Waals surface area contributed by atoms with Crippen molar-refractivity contribution in [3.63, 3.8) is 0 Å². The molecule has 1 atom stereocenters. The van der Waals surface area contributed by atoms with Crippen LogP contribution in [-0.2, 0) is 4.79 Å². The van der Waals surface area contributed by atoms with Crippen LogP contribution in [0.25, 0.3) is 0 Å². The van der Waals surface area contributed by atoms with E-state index in [9.17, 15) is 4.79 Å². The third kappa shape index (κ3) is 1.67. The van der Waals surface area contributed by atoms with E-state index >= 15 is 0 Å². The normalized spacial score (nSPS) is 20.9. The Kier molecular flexibility index (Phi) is 2.36. The number of carbonyl (C=O) groups is 1. The first-order valence-corrected chi connectivity index (χ1v) is 4.42. The summed E-state index contributed by atoms with van der Waals surface area (Å²) >= 11 is 0. The molecule has 1 amide bonds. The molecule has 0 saturated carbocycles. The molecule has 1 aliphatic rings. The third-order valence-corrected chi connectivity index (χ3v) is 2.09. The van der Waals surface area contributed by atoms with Crippen molar-refractivity contribution in [2.45, 2.75) is 6.29 Å². The minimum absolute atomic E-state index is 0.264. The Morgan fingerprint density at radius 1 is 1.33 bits per heavy atom. The average molecular weight is 205 g/mol. The van der Waals surface area contributed by atoms with Crippen LogP contribution in [0.3, 0.4) is 0 Å². The van der Waals surface area contributed by atoms with Crippen LogP contribution in [0.4, 0.5) is 0 Å². The molecule has 1 aromatic rings. The predicted octanol–water partition coefficient (Wildman–Crippen LogP) is -1.06. The highest BCUT2D eigenvalue weighted by molar-refractivity contribution is 6.45. The molecule has 78 valence electrons. The van der Waals surface area contributed by atoms with Gasteiger partial charge >= 0.3 is 0 Å². The van der Waals surface area contributed by atoms with Crippen LogP contribution in [-0.4, -0.2) is 22.9 Å². The van der Waals surface area contributed by atoms with Gasteiger partial charge in [-0.05, 0) is 0 Å². The number of hydrazone groups is 1. The summed E-state index contributed by atoms with van der Waals surface area (Å²) in [5.41, 5.74) is 9.00. The third-order valence-electron chi connectivity index (χ3n) is 2.09. The van der Waals surface area contributed by atoms with Crippen molar-refractivity contribution in [3.8, 4) is 0 Å². The molecule has 0 aliphatic carbocycles. The number of amides is 1. The number of rotatable bonds is 1. The molecule has 1 unspecified atom stereocenters. The lowest BCUT2D eigenvalue weighted by molar-refractivity contribution is -0.128. The van der Waals surface area contributed by atoms with Gasteiger partial charge in [-0.2, -0.15) is 5.10 Å². The molecule has 15 heavy (non-hydrogen) atoms. The Morgan fingerprint density at radius 2 is 2.00 bits per heavy atom. The van der Waals surface area contributed by atoms with Crippen molar-refractivity contribution in [3.05, 3.63) is 35.9 Å². The maximum atomic E-state index is 11.7. The number of nitrogens with one attached hydrogen (secondary N) is 1. The van der Waals surface area contributed by atoms with E-state index in [1.165, 1.54) is 0 Å². The minimum atomic E-state index is -0.773. The Hall–Kier alpha value is -1.92. The molecule has 0 radical (unpaired) electrons. The van der Waals surface area contributed by atoms with E-state index in [-0.39, 0.29) is 5.71 Å². The van der Waals surface area contributed by atoms with E-state index in [2.05, 4.69) is 10.5 Å². The number of nitrogens with two attached hydrogens (primary N) is 2. The predicted molar refractivity (Wildman–Crippen MR) is 55.1 cm³/mol. The molecule has 0 aromatic heterocycles. The first-order valence-electron chi connectivity index (χ1n) is 4.42. The van der Waals surface area contributed by atoms with E-state index in [0.29, 0.717) is 5.56 Å². The molecule has 1 aliphatic heterocycles. The van der Waals surface area contributed by atoms with E-state index in [4.69, 9.17) is 11.6 Å². The molecule has 1 aromatic carbocycles. The molecule has 2 rings (SSSR count). The topological polar surface area (TPSA) is 96.7 Å². The van der Waals surface area contributed by atoms with Gasteiger partial charge < -0.3 is 0 Å². The maximum Gasteiger partial charge on any atom is 0.291 e. The Bertz CT molecular complexity index is 402. The van der Waals surface area contributed by atoms with Crippen LogP contribution >= 0.6 is 0 Å². The first kappa shape index (κ1) is 9.63. The van der Waals surface area contributed by atoms with Gasteiger partial charge in [-0.3, -0.25) is 16.0 Å². The lowest BCUT2D eigenvalue weighted by Crippen LogP contribution is -2.61. The lowest BCUT2D eigenvalue weighted by atomic mass is 10.1. The highest BCUT2D eigenvalue weighted by Crippen LogP contribution is 2.06. The number of benzene rings is 1. The summed E-state index contributed by atoms with van der Waals surface area (Å²) in [6.45, 7) is 0. The van der Waals surface area contributed by atoms with Gasteiger partial charge in [0.25, 0.3) is 5.91 Å². The molecule has 5 N–H and O–H groups in total. The van der Waals surface area contributed by atoms with Crippen LogP contribution in [0.1, 0.15) is 5.56 Å². The molecule has 6 nitrogen and oxygen atoms in total. The maximum absolute atomic E-state index is 11.7. The molecule has 0 saturated heterocycles. The van der Waals surface area contributed by atoms with Crippen molar-refractivity contribution < 1.29 is 4.79 Å². The fourth-order valence-corrected chi connectivity index (χ4v) is 1.27. The van der Waals surface area contributed by atoms with Crippen molar-refractivity contribution in [2.24, 2.45) is 16.7 Å². The summed E-state index contributed by atoms with van der Waals surface area (Å²) in [6.07, 6.45) is -0.773. The second-order valence-corrected chi connectivity index (χ2v) is 3.11. The summed E-state index contributed by atoms with van der Waals surface area (Å²) in [5, 5.41) is 4.79. The molecular formula is C9H11N5O. The standard InChI is InChI=1S/C9H11N5O/c10-9-13-12-7(8(15)14(9)11)6-4-2-1-3-5-6/h1-5,9,13H,10-11H2. The number of hydrazine groups is 1. The quantitative estimate of drug-likeness (QED) is 0.402. The fraction of sp³-hybridized carbons (Fsp3) is 0.111. The van der Waals surface area contributed by atoms with Gasteiger partial charge in [0, 0.05) is 5.56 Å². The van der Waals surface area contributed by atoms with Gasteiger partial charge in [-0.25, -0.2) is 10.9 Å². The molecule has 0 fully saturated rings. The average Bonchev–Trinajstić information content (AvgIpc) is 2.27. The molecule has 1 heterocycles. The van der Waals surface area contributed by atoms with Crippen LogP contribution in [0, 0.1) is 0 Å². The van der Waals surface area contributed by atoms with E-state index in [1.54, 1.807) is 12.1 Å². The number of hydrogen-bond donors (Lipinski definition) is 3. The largest absolute Gasteiger partial charge is 0.292 e.